The minimum atomic E-state index is -3.58. The topological polar surface area (TPSA) is 63.4 Å². The average molecular weight is 355 g/mol. The van der Waals surface area contributed by atoms with E-state index < -0.39 is 10.0 Å². The van der Waals surface area contributed by atoms with E-state index in [0.717, 1.165) is 4.47 Å². The molecule has 106 valence electrons. The SMILES string of the molecule is CCN(c1cccc(Br)c1)S(=O)(=O)c1ccc(N)cc1. The maximum atomic E-state index is 12.7. The molecule has 0 spiro atoms. The molecule has 0 aliphatic carbocycles. The third kappa shape index (κ3) is 2.96. The van der Waals surface area contributed by atoms with Gasteiger partial charge in [0.15, 0.2) is 0 Å². The first-order chi connectivity index (χ1) is 9.45. The molecular formula is C14H15BrN2O2S. The molecule has 0 saturated carbocycles. The molecule has 4 nitrogen and oxygen atoms in total. The quantitative estimate of drug-likeness (QED) is 0.857. The first-order valence-electron chi connectivity index (χ1n) is 6.09. The number of benzene rings is 2. The Morgan fingerprint density at radius 2 is 1.80 bits per heavy atom. The molecule has 0 saturated heterocycles. The highest BCUT2D eigenvalue weighted by molar-refractivity contribution is 9.10. The van der Waals surface area contributed by atoms with E-state index in [-0.39, 0.29) is 4.90 Å². The molecule has 0 aromatic heterocycles. The molecule has 0 aliphatic rings. The van der Waals surface area contributed by atoms with Crippen molar-refractivity contribution in [3.8, 4) is 0 Å². The second kappa shape index (κ2) is 5.85. The summed E-state index contributed by atoms with van der Waals surface area (Å²) in [6.07, 6.45) is 0. The summed E-state index contributed by atoms with van der Waals surface area (Å²) in [7, 11) is -3.58. The summed E-state index contributed by atoms with van der Waals surface area (Å²) in [5, 5.41) is 0. The standard InChI is InChI=1S/C14H15BrN2O2S/c1-2-17(13-5-3-4-11(15)10-13)20(18,19)14-8-6-12(16)7-9-14/h3-10H,2,16H2,1H3. The second-order valence-corrected chi connectivity index (χ2v) is 7.00. The lowest BCUT2D eigenvalue weighted by Gasteiger charge is -2.23. The highest BCUT2D eigenvalue weighted by Crippen LogP contribution is 2.26. The van der Waals surface area contributed by atoms with Crippen molar-refractivity contribution in [3.05, 3.63) is 53.0 Å². The van der Waals surface area contributed by atoms with Crippen molar-refractivity contribution in [1.82, 2.24) is 0 Å². The predicted molar refractivity (Wildman–Crippen MR) is 85.2 cm³/mol. The van der Waals surface area contributed by atoms with Gasteiger partial charge in [0.2, 0.25) is 0 Å². The van der Waals surface area contributed by atoms with Crippen LogP contribution in [0.15, 0.2) is 57.9 Å². The van der Waals surface area contributed by atoms with E-state index in [4.69, 9.17) is 5.73 Å². The monoisotopic (exact) mass is 354 g/mol. The van der Waals surface area contributed by atoms with E-state index >= 15 is 0 Å². The number of anilines is 2. The Morgan fingerprint density at radius 1 is 1.15 bits per heavy atom. The summed E-state index contributed by atoms with van der Waals surface area (Å²) in [4.78, 5) is 0.230. The van der Waals surface area contributed by atoms with Gasteiger partial charge in [0.05, 0.1) is 10.6 Å². The van der Waals surface area contributed by atoms with Crippen LogP contribution < -0.4 is 10.0 Å². The van der Waals surface area contributed by atoms with Crippen LogP contribution in [0.1, 0.15) is 6.92 Å². The van der Waals surface area contributed by atoms with E-state index in [1.165, 1.54) is 16.4 Å². The Balaban J connectivity index is 2.47. The van der Waals surface area contributed by atoms with Gasteiger partial charge < -0.3 is 5.73 Å². The first kappa shape index (κ1) is 14.9. The van der Waals surface area contributed by atoms with Crippen LogP contribution in [0.2, 0.25) is 0 Å². The third-order valence-electron chi connectivity index (χ3n) is 2.85. The fourth-order valence-corrected chi connectivity index (χ4v) is 3.74. The van der Waals surface area contributed by atoms with Crippen molar-refractivity contribution in [2.24, 2.45) is 0 Å². The number of hydrogen-bond donors (Lipinski definition) is 1. The van der Waals surface area contributed by atoms with E-state index in [2.05, 4.69) is 15.9 Å². The molecule has 0 amide bonds. The summed E-state index contributed by atoms with van der Waals surface area (Å²) in [6.45, 7) is 2.15. The Labute approximate surface area is 127 Å². The lowest BCUT2D eigenvalue weighted by Crippen LogP contribution is -2.30. The molecule has 0 bridgehead atoms. The summed E-state index contributed by atoms with van der Waals surface area (Å²) >= 11 is 3.35. The molecule has 0 atom stereocenters. The van der Waals surface area contributed by atoms with Gasteiger partial charge in [-0.1, -0.05) is 22.0 Å². The van der Waals surface area contributed by atoms with Gasteiger partial charge in [-0.15, -0.1) is 0 Å². The molecule has 0 aliphatic heterocycles. The van der Waals surface area contributed by atoms with Crippen molar-refractivity contribution < 1.29 is 8.42 Å². The summed E-state index contributed by atoms with van der Waals surface area (Å²) in [5.74, 6) is 0. The molecule has 2 aromatic rings. The molecule has 2 aromatic carbocycles. The number of halogens is 1. The number of sulfonamides is 1. The van der Waals surface area contributed by atoms with Crippen LogP contribution in [0.4, 0.5) is 11.4 Å². The lowest BCUT2D eigenvalue weighted by molar-refractivity contribution is 0.592. The zero-order valence-corrected chi connectivity index (χ0v) is 13.4. The largest absolute Gasteiger partial charge is 0.399 e. The zero-order chi connectivity index (χ0) is 14.8. The lowest BCUT2D eigenvalue weighted by atomic mass is 10.3. The number of nitrogens with two attached hydrogens (primary N) is 1. The van der Waals surface area contributed by atoms with E-state index in [9.17, 15) is 8.42 Å². The van der Waals surface area contributed by atoms with Crippen molar-refractivity contribution >= 4 is 37.3 Å². The van der Waals surface area contributed by atoms with Gasteiger partial charge in [0.25, 0.3) is 10.0 Å². The van der Waals surface area contributed by atoms with Gasteiger partial charge in [-0.2, -0.15) is 0 Å². The van der Waals surface area contributed by atoms with Gasteiger partial charge in [-0.25, -0.2) is 8.42 Å². The molecule has 0 heterocycles. The van der Waals surface area contributed by atoms with Gasteiger partial charge >= 0.3 is 0 Å². The smallest absolute Gasteiger partial charge is 0.264 e. The van der Waals surface area contributed by atoms with E-state index in [0.29, 0.717) is 17.9 Å². The fourth-order valence-electron chi connectivity index (χ4n) is 1.89. The molecule has 0 unspecified atom stereocenters. The number of hydrogen-bond acceptors (Lipinski definition) is 3. The zero-order valence-electron chi connectivity index (χ0n) is 11.0. The van der Waals surface area contributed by atoms with Crippen LogP contribution in [-0.4, -0.2) is 15.0 Å². The molecule has 6 heteroatoms. The highest BCUT2D eigenvalue weighted by atomic mass is 79.9. The number of nitrogens with zero attached hydrogens (tertiary/aromatic N) is 1. The van der Waals surface area contributed by atoms with Gasteiger partial charge in [-0.05, 0) is 49.4 Å². The van der Waals surface area contributed by atoms with Gasteiger partial charge in [0.1, 0.15) is 0 Å². The summed E-state index contributed by atoms with van der Waals surface area (Å²) in [5.41, 5.74) is 6.76. The van der Waals surface area contributed by atoms with Gasteiger partial charge in [-0.3, -0.25) is 4.31 Å². The minimum Gasteiger partial charge on any atom is -0.399 e. The van der Waals surface area contributed by atoms with Crippen molar-refractivity contribution in [2.75, 3.05) is 16.6 Å². The molecular weight excluding hydrogens is 340 g/mol. The van der Waals surface area contributed by atoms with Crippen LogP contribution >= 0.6 is 15.9 Å². The average Bonchev–Trinajstić information content (AvgIpc) is 2.40. The number of nitrogen functional groups attached to an aromatic ring is 1. The molecule has 2 rings (SSSR count). The maximum Gasteiger partial charge on any atom is 0.264 e. The van der Waals surface area contributed by atoms with Crippen molar-refractivity contribution in [3.63, 3.8) is 0 Å². The molecule has 2 N–H and O–H groups in total. The fraction of sp³-hybridized carbons (Fsp3) is 0.143. The van der Waals surface area contributed by atoms with Crippen LogP contribution in [0.25, 0.3) is 0 Å². The minimum absolute atomic E-state index is 0.230. The Bertz CT molecular complexity index is 699. The molecule has 20 heavy (non-hydrogen) atoms. The second-order valence-electron chi connectivity index (χ2n) is 4.22. The maximum absolute atomic E-state index is 12.7. The van der Waals surface area contributed by atoms with Crippen LogP contribution in [0.5, 0.6) is 0 Å². The van der Waals surface area contributed by atoms with Crippen LogP contribution in [0.3, 0.4) is 0 Å². The Kier molecular flexibility index (Phi) is 4.35. The van der Waals surface area contributed by atoms with E-state index in [1.807, 2.05) is 6.07 Å². The Hall–Kier alpha value is -1.53. The normalized spacial score (nSPS) is 11.3. The van der Waals surface area contributed by atoms with Crippen LogP contribution in [-0.2, 0) is 10.0 Å². The first-order valence-corrected chi connectivity index (χ1v) is 8.32. The predicted octanol–water partition coefficient (Wildman–Crippen LogP) is 3.25. The van der Waals surface area contributed by atoms with Crippen molar-refractivity contribution in [2.45, 2.75) is 11.8 Å². The summed E-state index contributed by atoms with van der Waals surface area (Å²) < 4.78 is 27.5. The highest BCUT2D eigenvalue weighted by Gasteiger charge is 2.23. The van der Waals surface area contributed by atoms with E-state index in [1.54, 1.807) is 37.3 Å². The van der Waals surface area contributed by atoms with Crippen LogP contribution in [0, 0.1) is 0 Å². The summed E-state index contributed by atoms with van der Waals surface area (Å²) in [6, 6.07) is 13.4. The third-order valence-corrected chi connectivity index (χ3v) is 5.26. The van der Waals surface area contributed by atoms with Gasteiger partial charge in [0, 0.05) is 16.7 Å². The molecule has 0 fully saturated rings. The molecule has 0 radical (unpaired) electrons. The Morgan fingerprint density at radius 3 is 2.35 bits per heavy atom. The number of rotatable bonds is 4. The van der Waals surface area contributed by atoms with Crippen molar-refractivity contribution in [1.29, 1.82) is 0 Å².